The fourth-order valence-corrected chi connectivity index (χ4v) is 3.49. The Morgan fingerprint density at radius 2 is 2.15 bits per heavy atom. The number of amides is 1. The first kappa shape index (κ1) is 16.6. The highest BCUT2D eigenvalue weighted by molar-refractivity contribution is 6.07. The van der Waals surface area contributed by atoms with Gasteiger partial charge in [-0.1, -0.05) is 18.2 Å². The predicted molar refractivity (Wildman–Crippen MR) is 96.6 cm³/mol. The molecule has 6 heteroatoms. The quantitative estimate of drug-likeness (QED) is 0.723. The molecule has 0 saturated carbocycles. The Morgan fingerprint density at radius 3 is 2.96 bits per heavy atom. The van der Waals surface area contributed by atoms with E-state index in [2.05, 4.69) is 4.98 Å². The van der Waals surface area contributed by atoms with Crippen LogP contribution in [0.2, 0.25) is 0 Å². The van der Waals surface area contributed by atoms with Gasteiger partial charge in [0.25, 0.3) is 5.91 Å². The van der Waals surface area contributed by atoms with E-state index in [0.29, 0.717) is 25.6 Å². The van der Waals surface area contributed by atoms with Crippen molar-refractivity contribution in [3.05, 3.63) is 60.2 Å². The number of aromatic nitrogens is 2. The van der Waals surface area contributed by atoms with Crippen LogP contribution in [0.4, 0.5) is 4.39 Å². The van der Waals surface area contributed by atoms with E-state index >= 15 is 0 Å². The maximum atomic E-state index is 12.9. The summed E-state index contributed by atoms with van der Waals surface area (Å²) in [7, 11) is 1.95. The molecule has 1 aliphatic heterocycles. The molecule has 1 unspecified atom stereocenters. The van der Waals surface area contributed by atoms with Crippen molar-refractivity contribution in [3.8, 4) is 5.88 Å². The highest BCUT2D eigenvalue weighted by Crippen LogP contribution is 2.25. The lowest BCUT2D eigenvalue weighted by atomic mass is 10.1. The van der Waals surface area contributed by atoms with Gasteiger partial charge >= 0.3 is 0 Å². The lowest BCUT2D eigenvalue weighted by molar-refractivity contribution is 0.0784. The van der Waals surface area contributed by atoms with Gasteiger partial charge in [0.2, 0.25) is 5.88 Å². The number of para-hydroxylation sites is 1. The number of carbonyl (C=O) groups is 1. The summed E-state index contributed by atoms with van der Waals surface area (Å²) in [6, 6.07) is 10.8. The van der Waals surface area contributed by atoms with Crippen LogP contribution in [0.25, 0.3) is 10.9 Å². The van der Waals surface area contributed by atoms with Crippen molar-refractivity contribution in [2.45, 2.75) is 6.42 Å². The summed E-state index contributed by atoms with van der Waals surface area (Å²) in [5, 5.41) is 0.982. The number of hydrogen-bond donors (Lipinski definition) is 0. The molecule has 2 aromatic heterocycles. The Labute approximate surface area is 151 Å². The topological polar surface area (TPSA) is 47.4 Å². The molecule has 1 aliphatic rings. The first-order valence-corrected chi connectivity index (χ1v) is 8.69. The van der Waals surface area contributed by atoms with Gasteiger partial charge in [0, 0.05) is 49.2 Å². The van der Waals surface area contributed by atoms with E-state index in [1.807, 2.05) is 47.0 Å². The molecule has 3 aromatic rings. The maximum Gasteiger partial charge on any atom is 0.256 e. The number of aryl methyl sites for hydroxylation is 1. The zero-order valence-electron chi connectivity index (χ0n) is 14.6. The van der Waals surface area contributed by atoms with Crippen LogP contribution >= 0.6 is 0 Å². The molecule has 1 amide bonds. The highest BCUT2D eigenvalue weighted by atomic mass is 19.1. The summed E-state index contributed by atoms with van der Waals surface area (Å²) >= 11 is 0. The van der Waals surface area contributed by atoms with Gasteiger partial charge < -0.3 is 14.2 Å². The normalized spacial score (nSPS) is 17.0. The first-order valence-electron chi connectivity index (χ1n) is 8.69. The Kier molecular flexibility index (Phi) is 4.32. The Morgan fingerprint density at radius 1 is 1.31 bits per heavy atom. The SMILES string of the molecule is Cn1cc(C(=O)N2CCC(COc3ccc(F)cn3)C2)c2ccccc21. The Hall–Kier alpha value is -2.89. The van der Waals surface area contributed by atoms with Crippen molar-refractivity contribution in [1.82, 2.24) is 14.5 Å². The fourth-order valence-electron chi connectivity index (χ4n) is 3.49. The molecule has 1 atom stereocenters. The van der Waals surface area contributed by atoms with Crippen LogP contribution in [0.1, 0.15) is 16.8 Å². The summed E-state index contributed by atoms with van der Waals surface area (Å²) < 4.78 is 20.5. The van der Waals surface area contributed by atoms with Crippen LogP contribution < -0.4 is 4.74 Å². The summed E-state index contributed by atoms with van der Waals surface area (Å²) in [6.45, 7) is 1.84. The minimum atomic E-state index is -0.384. The molecule has 26 heavy (non-hydrogen) atoms. The first-order chi connectivity index (χ1) is 12.6. The maximum absolute atomic E-state index is 12.9. The number of likely N-dealkylation sites (tertiary alicyclic amines) is 1. The third kappa shape index (κ3) is 3.14. The molecule has 0 spiro atoms. The van der Waals surface area contributed by atoms with Crippen LogP contribution in [0.5, 0.6) is 5.88 Å². The molecule has 1 fully saturated rings. The average Bonchev–Trinajstić information content (AvgIpc) is 3.26. The fraction of sp³-hybridized carbons (Fsp3) is 0.300. The van der Waals surface area contributed by atoms with Gasteiger partial charge in [-0.15, -0.1) is 0 Å². The van der Waals surface area contributed by atoms with Crippen molar-refractivity contribution in [1.29, 1.82) is 0 Å². The third-order valence-corrected chi connectivity index (χ3v) is 4.87. The second kappa shape index (κ2) is 6.78. The van der Waals surface area contributed by atoms with Gasteiger partial charge in [0.15, 0.2) is 0 Å². The zero-order chi connectivity index (χ0) is 18.1. The monoisotopic (exact) mass is 353 g/mol. The molecule has 0 radical (unpaired) electrons. The largest absolute Gasteiger partial charge is 0.477 e. The molecule has 134 valence electrons. The van der Waals surface area contributed by atoms with Crippen molar-refractivity contribution in [3.63, 3.8) is 0 Å². The van der Waals surface area contributed by atoms with E-state index in [1.165, 1.54) is 12.1 Å². The van der Waals surface area contributed by atoms with Crippen LogP contribution in [-0.2, 0) is 7.05 Å². The number of ether oxygens (including phenoxy) is 1. The molecule has 0 N–H and O–H groups in total. The smallest absolute Gasteiger partial charge is 0.256 e. The van der Waals surface area contributed by atoms with E-state index < -0.39 is 0 Å². The van der Waals surface area contributed by atoms with Gasteiger partial charge in [-0.05, 0) is 18.6 Å². The van der Waals surface area contributed by atoms with E-state index in [0.717, 1.165) is 29.1 Å². The number of nitrogens with zero attached hydrogens (tertiary/aromatic N) is 3. The number of rotatable bonds is 4. The van der Waals surface area contributed by atoms with Crippen LogP contribution in [0.3, 0.4) is 0 Å². The van der Waals surface area contributed by atoms with E-state index in [4.69, 9.17) is 4.74 Å². The Balaban J connectivity index is 1.41. The molecule has 1 saturated heterocycles. The van der Waals surface area contributed by atoms with Crippen LogP contribution in [0.15, 0.2) is 48.8 Å². The summed E-state index contributed by atoms with van der Waals surface area (Å²) in [4.78, 5) is 18.7. The average molecular weight is 353 g/mol. The number of fused-ring (bicyclic) bond motifs is 1. The minimum Gasteiger partial charge on any atom is -0.477 e. The second-order valence-corrected chi connectivity index (χ2v) is 6.70. The molecule has 1 aromatic carbocycles. The van der Waals surface area contributed by atoms with E-state index in [-0.39, 0.29) is 17.6 Å². The molecule has 4 rings (SSSR count). The highest BCUT2D eigenvalue weighted by Gasteiger charge is 2.29. The summed E-state index contributed by atoms with van der Waals surface area (Å²) in [5.74, 6) is 0.334. The van der Waals surface area contributed by atoms with Crippen molar-refractivity contribution in [2.24, 2.45) is 13.0 Å². The van der Waals surface area contributed by atoms with E-state index in [1.54, 1.807) is 0 Å². The van der Waals surface area contributed by atoms with Crippen molar-refractivity contribution < 1.29 is 13.9 Å². The van der Waals surface area contributed by atoms with Crippen molar-refractivity contribution in [2.75, 3.05) is 19.7 Å². The molecule has 0 aliphatic carbocycles. The van der Waals surface area contributed by atoms with E-state index in [9.17, 15) is 9.18 Å². The van der Waals surface area contributed by atoms with Crippen molar-refractivity contribution >= 4 is 16.8 Å². The van der Waals surface area contributed by atoms with Gasteiger partial charge in [0.05, 0.1) is 18.4 Å². The van der Waals surface area contributed by atoms with Gasteiger partial charge in [-0.25, -0.2) is 9.37 Å². The molecular weight excluding hydrogens is 333 g/mol. The minimum absolute atomic E-state index is 0.0595. The zero-order valence-corrected chi connectivity index (χ0v) is 14.6. The second-order valence-electron chi connectivity index (χ2n) is 6.70. The van der Waals surface area contributed by atoms with Crippen LogP contribution in [0, 0.1) is 11.7 Å². The predicted octanol–water partition coefficient (Wildman–Crippen LogP) is 3.25. The number of pyridine rings is 1. The molecule has 3 heterocycles. The van der Waals surface area contributed by atoms with Gasteiger partial charge in [0.1, 0.15) is 5.82 Å². The van der Waals surface area contributed by atoms with Gasteiger partial charge in [-0.3, -0.25) is 4.79 Å². The van der Waals surface area contributed by atoms with Gasteiger partial charge in [-0.2, -0.15) is 0 Å². The molecule has 5 nitrogen and oxygen atoms in total. The molecular formula is C20H20FN3O2. The lowest BCUT2D eigenvalue weighted by Crippen LogP contribution is -2.29. The Bertz CT molecular complexity index is 936. The third-order valence-electron chi connectivity index (χ3n) is 4.87. The number of benzene rings is 1. The van der Waals surface area contributed by atoms with Crippen LogP contribution in [-0.4, -0.2) is 40.1 Å². The number of halogens is 1. The number of carbonyl (C=O) groups excluding carboxylic acids is 1. The molecule has 0 bridgehead atoms. The number of hydrogen-bond acceptors (Lipinski definition) is 3. The summed E-state index contributed by atoms with van der Waals surface area (Å²) in [6.07, 6.45) is 3.93. The lowest BCUT2D eigenvalue weighted by Gasteiger charge is -2.16. The summed E-state index contributed by atoms with van der Waals surface area (Å²) in [5.41, 5.74) is 1.79. The standard InChI is InChI=1S/C20H20FN3O2/c1-23-12-17(16-4-2-3-5-18(16)23)20(25)24-9-8-14(11-24)13-26-19-7-6-15(21)10-22-19/h2-7,10,12,14H,8-9,11,13H2,1H3.